The quantitative estimate of drug-likeness (QED) is 0.755. The molecule has 0 spiro atoms. The lowest BCUT2D eigenvalue weighted by atomic mass is 9.90. The van der Waals surface area contributed by atoms with Gasteiger partial charge in [0.1, 0.15) is 0 Å². The summed E-state index contributed by atoms with van der Waals surface area (Å²) in [5, 5.41) is 13.0. The molecule has 1 aliphatic carbocycles. The maximum atomic E-state index is 12.8. The number of nitrogens with zero attached hydrogens (tertiary/aromatic N) is 5. The minimum absolute atomic E-state index is 0.185. The molecule has 0 unspecified atom stereocenters. The molecule has 7 heteroatoms. The zero-order valence-electron chi connectivity index (χ0n) is 16.1. The molecule has 6 nitrogen and oxygen atoms in total. The predicted octanol–water partition coefficient (Wildman–Crippen LogP) is 3.42. The molecule has 1 aromatic carbocycles. The van der Waals surface area contributed by atoms with Gasteiger partial charge in [0.05, 0.1) is 11.4 Å². The highest BCUT2D eigenvalue weighted by Gasteiger charge is 2.29. The summed E-state index contributed by atoms with van der Waals surface area (Å²) < 4.78 is 1.81. The average Bonchev–Trinajstić information content (AvgIpc) is 3.14. The predicted molar refractivity (Wildman–Crippen MR) is 106 cm³/mol. The molecule has 1 amide bonds. The number of hydrogen-bond acceptors (Lipinski definition) is 5. The summed E-state index contributed by atoms with van der Waals surface area (Å²) in [4.78, 5) is 14.9. The Bertz CT molecular complexity index is 810. The SMILES string of the molecule is C[C@@H]1CCC[C@@H](C)N1C(=O)CSc1nnnn1-c1cccc2c1CCCC2. The number of aromatic nitrogens is 4. The third-order valence-electron chi connectivity index (χ3n) is 5.85. The maximum Gasteiger partial charge on any atom is 0.233 e. The van der Waals surface area contributed by atoms with Gasteiger partial charge < -0.3 is 4.90 Å². The second-order valence-corrected chi connectivity index (χ2v) is 8.66. The molecular weight excluding hydrogens is 358 g/mol. The third-order valence-corrected chi connectivity index (χ3v) is 6.75. The van der Waals surface area contributed by atoms with E-state index in [9.17, 15) is 4.79 Å². The molecule has 0 radical (unpaired) electrons. The first-order valence-corrected chi connectivity index (χ1v) is 11.0. The normalized spacial score (nSPS) is 22.5. The van der Waals surface area contributed by atoms with Crippen LogP contribution < -0.4 is 0 Å². The van der Waals surface area contributed by atoms with Crippen LogP contribution in [0.4, 0.5) is 0 Å². The number of rotatable bonds is 4. The largest absolute Gasteiger partial charge is 0.337 e. The number of carbonyl (C=O) groups excluding carboxylic acids is 1. The number of hydrogen-bond donors (Lipinski definition) is 0. The zero-order chi connectivity index (χ0) is 18.8. The molecule has 0 bridgehead atoms. The number of amides is 1. The highest BCUT2D eigenvalue weighted by atomic mass is 32.2. The Morgan fingerprint density at radius 2 is 1.93 bits per heavy atom. The lowest BCUT2D eigenvalue weighted by Crippen LogP contribution is -2.48. The Morgan fingerprint density at radius 1 is 1.15 bits per heavy atom. The van der Waals surface area contributed by atoms with Crippen molar-refractivity contribution in [1.29, 1.82) is 0 Å². The number of tetrazole rings is 1. The Hall–Kier alpha value is -1.89. The van der Waals surface area contributed by atoms with Crippen LogP contribution in [0.25, 0.3) is 5.69 Å². The number of piperidine rings is 1. The van der Waals surface area contributed by atoms with E-state index < -0.39 is 0 Å². The van der Waals surface area contributed by atoms with E-state index in [-0.39, 0.29) is 5.91 Å². The van der Waals surface area contributed by atoms with E-state index in [0.717, 1.165) is 31.4 Å². The van der Waals surface area contributed by atoms with Crippen molar-refractivity contribution >= 4 is 17.7 Å². The molecule has 4 rings (SSSR count). The highest BCUT2D eigenvalue weighted by molar-refractivity contribution is 7.99. The molecule has 1 aliphatic heterocycles. The van der Waals surface area contributed by atoms with Gasteiger partial charge in [-0.05, 0) is 86.4 Å². The third kappa shape index (κ3) is 3.74. The van der Waals surface area contributed by atoms with Crippen LogP contribution in [0.3, 0.4) is 0 Å². The van der Waals surface area contributed by atoms with Crippen LogP contribution in [0.2, 0.25) is 0 Å². The molecule has 1 saturated heterocycles. The molecule has 0 N–H and O–H groups in total. The van der Waals surface area contributed by atoms with E-state index in [2.05, 4.69) is 52.5 Å². The van der Waals surface area contributed by atoms with E-state index in [1.54, 1.807) is 0 Å². The van der Waals surface area contributed by atoms with E-state index in [1.807, 2.05) is 4.68 Å². The van der Waals surface area contributed by atoms with E-state index >= 15 is 0 Å². The standard InChI is InChI=1S/C20H27N5OS/c1-14-7-5-8-15(2)24(14)19(26)13-27-20-21-22-23-25(20)18-12-6-10-16-9-3-4-11-17(16)18/h6,10,12,14-15H,3-5,7-9,11,13H2,1-2H3/t14-,15-/m1/s1. The molecule has 2 heterocycles. The molecule has 2 atom stereocenters. The number of carbonyl (C=O) groups is 1. The van der Waals surface area contributed by atoms with Crippen molar-refractivity contribution in [2.45, 2.75) is 76.0 Å². The van der Waals surface area contributed by atoms with Crippen LogP contribution in [0.5, 0.6) is 0 Å². The topological polar surface area (TPSA) is 63.9 Å². The van der Waals surface area contributed by atoms with Crippen LogP contribution in [-0.2, 0) is 17.6 Å². The van der Waals surface area contributed by atoms with E-state index in [4.69, 9.17) is 0 Å². The van der Waals surface area contributed by atoms with Crippen molar-refractivity contribution in [3.05, 3.63) is 29.3 Å². The first kappa shape index (κ1) is 18.5. The lowest BCUT2D eigenvalue weighted by molar-refractivity contribution is -0.134. The van der Waals surface area contributed by atoms with Crippen molar-refractivity contribution < 1.29 is 4.79 Å². The fourth-order valence-corrected chi connectivity index (χ4v) is 5.25. The average molecular weight is 386 g/mol. The van der Waals surface area contributed by atoms with Crippen molar-refractivity contribution in [2.24, 2.45) is 0 Å². The van der Waals surface area contributed by atoms with E-state index in [1.165, 1.54) is 42.2 Å². The fraction of sp³-hybridized carbons (Fsp3) is 0.600. The molecule has 2 aliphatic rings. The minimum atomic E-state index is 0.185. The van der Waals surface area contributed by atoms with Crippen molar-refractivity contribution in [3.63, 3.8) is 0 Å². The van der Waals surface area contributed by atoms with Gasteiger partial charge in [-0.1, -0.05) is 23.9 Å². The Morgan fingerprint density at radius 3 is 2.74 bits per heavy atom. The van der Waals surface area contributed by atoms with Crippen molar-refractivity contribution in [3.8, 4) is 5.69 Å². The van der Waals surface area contributed by atoms with Gasteiger partial charge in [-0.15, -0.1) is 5.10 Å². The molecule has 1 fully saturated rings. The van der Waals surface area contributed by atoms with Crippen LogP contribution in [0.15, 0.2) is 23.4 Å². The van der Waals surface area contributed by atoms with Gasteiger partial charge in [0.15, 0.2) is 0 Å². The fourth-order valence-electron chi connectivity index (χ4n) is 4.49. The summed E-state index contributed by atoms with van der Waals surface area (Å²) >= 11 is 1.44. The second kappa shape index (κ2) is 8.00. The first-order chi connectivity index (χ1) is 13.1. The molecule has 144 valence electrons. The van der Waals surface area contributed by atoms with Crippen LogP contribution in [0.1, 0.15) is 57.1 Å². The summed E-state index contributed by atoms with van der Waals surface area (Å²) in [5.74, 6) is 0.564. The van der Waals surface area contributed by atoms with Crippen LogP contribution >= 0.6 is 11.8 Å². The maximum absolute atomic E-state index is 12.8. The van der Waals surface area contributed by atoms with Crippen molar-refractivity contribution in [1.82, 2.24) is 25.1 Å². The smallest absolute Gasteiger partial charge is 0.233 e. The number of benzene rings is 1. The molecule has 2 aromatic rings. The number of aryl methyl sites for hydroxylation is 1. The number of fused-ring (bicyclic) bond motifs is 1. The van der Waals surface area contributed by atoms with Gasteiger partial charge in [-0.3, -0.25) is 4.79 Å². The van der Waals surface area contributed by atoms with Gasteiger partial charge >= 0.3 is 0 Å². The van der Waals surface area contributed by atoms with Crippen LogP contribution in [0, 0.1) is 0 Å². The second-order valence-electron chi connectivity index (χ2n) is 7.71. The van der Waals surface area contributed by atoms with Gasteiger partial charge in [0, 0.05) is 12.1 Å². The molecule has 1 aromatic heterocycles. The number of likely N-dealkylation sites (tertiary alicyclic amines) is 1. The molecule has 27 heavy (non-hydrogen) atoms. The van der Waals surface area contributed by atoms with Gasteiger partial charge in [0.25, 0.3) is 0 Å². The highest BCUT2D eigenvalue weighted by Crippen LogP contribution is 2.29. The van der Waals surface area contributed by atoms with Crippen LogP contribution in [-0.4, -0.2) is 48.9 Å². The molecular formula is C20H27N5OS. The summed E-state index contributed by atoms with van der Waals surface area (Å²) in [5.41, 5.74) is 3.81. The summed E-state index contributed by atoms with van der Waals surface area (Å²) in [6.07, 6.45) is 8.03. The minimum Gasteiger partial charge on any atom is -0.337 e. The number of thioether (sulfide) groups is 1. The van der Waals surface area contributed by atoms with Gasteiger partial charge in [0.2, 0.25) is 11.1 Å². The van der Waals surface area contributed by atoms with Crippen molar-refractivity contribution in [2.75, 3.05) is 5.75 Å². The summed E-state index contributed by atoms with van der Waals surface area (Å²) in [6, 6.07) is 7.01. The zero-order valence-corrected chi connectivity index (χ0v) is 16.9. The van der Waals surface area contributed by atoms with Gasteiger partial charge in [-0.2, -0.15) is 4.68 Å². The summed E-state index contributed by atoms with van der Waals surface area (Å²) in [7, 11) is 0. The Kier molecular flexibility index (Phi) is 5.48. The molecule has 0 saturated carbocycles. The van der Waals surface area contributed by atoms with Gasteiger partial charge in [-0.25, -0.2) is 0 Å². The Balaban J connectivity index is 1.51. The first-order valence-electron chi connectivity index (χ1n) is 9.98. The van der Waals surface area contributed by atoms with E-state index in [0.29, 0.717) is 23.0 Å². The Labute approximate surface area is 164 Å². The monoisotopic (exact) mass is 385 g/mol. The lowest BCUT2D eigenvalue weighted by Gasteiger charge is -2.39. The summed E-state index contributed by atoms with van der Waals surface area (Å²) in [6.45, 7) is 4.30.